The SMILES string of the molecule is O=C1CN(C(=O)C2CC2)C(c2cccs2)c2cc(Cl)ccc2N1. The number of hydrogen-bond donors (Lipinski definition) is 1. The predicted octanol–water partition coefficient (Wildman–Crippen LogP) is 3.68. The molecule has 1 atom stereocenters. The summed E-state index contributed by atoms with van der Waals surface area (Å²) in [7, 11) is 0. The van der Waals surface area contributed by atoms with Gasteiger partial charge in [0.25, 0.3) is 0 Å². The maximum atomic E-state index is 12.8. The van der Waals surface area contributed by atoms with Crippen LogP contribution >= 0.6 is 22.9 Å². The van der Waals surface area contributed by atoms with Gasteiger partial charge in [0, 0.05) is 27.1 Å². The second-order valence-corrected chi connectivity index (χ2v) is 7.35. The molecule has 1 saturated carbocycles. The summed E-state index contributed by atoms with van der Waals surface area (Å²) in [5.74, 6) is -0.0426. The lowest BCUT2D eigenvalue weighted by molar-refractivity contribution is -0.137. The van der Waals surface area contributed by atoms with Crippen LogP contribution in [-0.4, -0.2) is 23.3 Å². The summed E-state index contributed by atoms with van der Waals surface area (Å²) in [6, 6.07) is 9.11. The zero-order chi connectivity index (χ0) is 16.0. The summed E-state index contributed by atoms with van der Waals surface area (Å²) in [6.07, 6.45) is 1.83. The fourth-order valence-corrected chi connectivity index (χ4v) is 4.04. The van der Waals surface area contributed by atoms with E-state index < -0.39 is 0 Å². The molecule has 1 unspecified atom stereocenters. The summed E-state index contributed by atoms with van der Waals surface area (Å²) in [5.41, 5.74) is 1.60. The Morgan fingerprint density at radius 1 is 1.30 bits per heavy atom. The molecule has 4 rings (SSSR count). The largest absolute Gasteiger partial charge is 0.324 e. The Hall–Kier alpha value is -1.85. The monoisotopic (exact) mass is 346 g/mol. The maximum absolute atomic E-state index is 12.8. The van der Waals surface area contributed by atoms with Gasteiger partial charge in [-0.1, -0.05) is 17.7 Å². The molecule has 2 aliphatic rings. The number of carbonyl (C=O) groups excluding carboxylic acids is 2. The highest BCUT2D eigenvalue weighted by molar-refractivity contribution is 7.10. The molecular formula is C17H15ClN2O2S. The van der Waals surface area contributed by atoms with Crippen LogP contribution in [0.15, 0.2) is 35.7 Å². The first-order chi connectivity index (χ1) is 11.1. The van der Waals surface area contributed by atoms with Crippen LogP contribution in [0.2, 0.25) is 5.02 Å². The Bertz CT molecular complexity index is 771. The molecule has 2 aromatic rings. The molecule has 0 radical (unpaired) electrons. The first kappa shape index (κ1) is 14.7. The molecule has 1 aromatic heterocycles. The van der Waals surface area contributed by atoms with Crippen molar-refractivity contribution in [3.8, 4) is 0 Å². The molecule has 0 spiro atoms. The number of halogens is 1. The molecule has 2 amide bonds. The third kappa shape index (κ3) is 2.75. The van der Waals surface area contributed by atoms with E-state index in [2.05, 4.69) is 5.32 Å². The van der Waals surface area contributed by atoms with Crippen LogP contribution in [0.3, 0.4) is 0 Å². The average molecular weight is 347 g/mol. The number of thiophene rings is 1. The Morgan fingerprint density at radius 3 is 2.83 bits per heavy atom. The van der Waals surface area contributed by atoms with Gasteiger partial charge < -0.3 is 10.2 Å². The Morgan fingerprint density at radius 2 is 2.13 bits per heavy atom. The number of benzene rings is 1. The zero-order valence-electron chi connectivity index (χ0n) is 12.3. The topological polar surface area (TPSA) is 49.4 Å². The number of nitrogens with one attached hydrogen (secondary N) is 1. The first-order valence-corrected chi connectivity index (χ1v) is 8.82. The third-order valence-corrected chi connectivity index (χ3v) is 5.39. The molecule has 1 N–H and O–H groups in total. The number of anilines is 1. The van der Waals surface area contributed by atoms with Crippen LogP contribution in [-0.2, 0) is 9.59 Å². The van der Waals surface area contributed by atoms with E-state index in [1.54, 1.807) is 28.4 Å². The number of fused-ring (bicyclic) bond motifs is 1. The quantitative estimate of drug-likeness (QED) is 0.901. The van der Waals surface area contributed by atoms with Crippen LogP contribution in [0, 0.1) is 5.92 Å². The summed E-state index contributed by atoms with van der Waals surface area (Å²) in [5, 5.41) is 5.48. The molecule has 1 aromatic carbocycles. The lowest BCUT2D eigenvalue weighted by atomic mass is 10.0. The Balaban J connectivity index is 1.87. The molecule has 1 aliphatic heterocycles. The highest BCUT2D eigenvalue weighted by Gasteiger charge is 2.40. The van der Waals surface area contributed by atoms with E-state index in [-0.39, 0.29) is 30.3 Å². The van der Waals surface area contributed by atoms with Crippen molar-refractivity contribution in [1.29, 1.82) is 0 Å². The fraction of sp³-hybridized carbons (Fsp3) is 0.294. The highest BCUT2D eigenvalue weighted by Crippen LogP contribution is 2.42. The lowest BCUT2D eigenvalue weighted by Crippen LogP contribution is -2.39. The van der Waals surface area contributed by atoms with E-state index in [1.165, 1.54) is 0 Å². The highest BCUT2D eigenvalue weighted by atomic mass is 35.5. The molecule has 1 aliphatic carbocycles. The van der Waals surface area contributed by atoms with E-state index in [4.69, 9.17) is 11.6 Å². The van der Waals surface area contributed by atoms with Crippen molar-refractivity contribution in [3.63, 3.8) is 0 Å². The van der Waals surface area contributed by atoms with Crippen molar-refractivity contribution in [2.75, 3.05) is 11.9 Å². The molecule has 2 heterocycles. The van der Waals surface area contributed by atoms with Gasteiger partial charge in [-0.2, -0.15) is 0 Å². The maximum Gasteiger partial charge on any atom is 0.244 e. The molecule has 118 valence electrons. The van der Waals surface area contributed by atoms with Crippen LogP contribution in [0.25, 0.3) is 0 Å². The molecule has 6 heteroatoms. The van der Waals surface area contributed by atoms with Gasteiger partial charge in [0.2, 0.25) is 11.8 Å². The van der Waals surface area contributed by atoms with Gasteiger partial charge in [0.1, 0.15) is 6.54 Å². The molecule has 0 saturated heterocycles. The van der Waals surface area contributed by atoms with Crippen molar-refractivity contribution in [1.82, 2.24) is 4.90 Å². The van der Waals surface area contributed by atoms with Gasteiger partial charge in [-0.3, -0.25) is 9.59 Å². The number of rotatable bonds is 2. The summed E-state index contributed by atoms with van der Waals surface area (Å²) >= 11 is 7.77. The normalized spacial score (nSPS) is 20.7. The smallest absolute Gasteiger partial charge is 0.244 e. The second-order valence-electron chi connectivity index (χ2n) is 5.94. The predicted molar refractivity (Wildman–Crippen MR) is 90.7 cm³/mol. The van der Waals surface area contributed by atoms with Crippen LogP contribution in [0.5, 0.6) is 0 Å². The molecule has 23 heavy (non-hydrogen) atoms. The number of hydrogen-bond acceptors (Lipinski definition) is 3. The van der Waals surface area contributed by atoms with Crippen molar-refractivity contribution in [2.24, 2.45) is 5.92 Å². The van der Waals surface area contributed by atoms with Crippen molar-refractivity contribution in [2.45, 2.75) is 18.9 Å². The molecule has 1 fully saturated rings. The van der Waals surface area contributed by atoms with E-state index in [0.717, 1.165) is 29.0 Å². The summed E-state index contributed by atoms with van der Waals surface area (Å²) in [4.78, 5) is 27.8. The van der Waals surface area contributed by atoms with Crippen molar-refractivity contribution in [3.05, 3.63) is 51.2 Å². The molecule has 0 bridgehead atoms. The first-order valence-electron chi connectivity index (χ1n) is 7.56. The van der Waals surface area contributed by atoms with Gasteiger partial charge in [0.15, 0.2) is 0 Å². The number of carbonyl (C=O) groups is 2. The van der Waals surface area contributed by atoms with E-state index in [9.17, 15) is 9.59 Å². The lowest BCUT2D eigenvalue weighted by Gasteiger charge is -2.29. The van der Waals surface area contributed by atoms with E-state index >= 15 is 0 Å². The van der Waals surface area contributed by atoms with Crippen LogP contribution < -0.4 is 5.32 Å². The van der Waals surface area contributed by atoms with Gasteiger partial charge in [-0.25, -0.2) is 0 Å². The van der Waals surface area contributed by atoms with Crippen molar-refractivity contribution >= 4 is 40.4 Å². The molecular weight excluding hydrogens is 332 g/mol. The minimum Gasteiger partial charge on any atom is -0.324 e. The minimum absolute atomic E-state index is 0.0611. The third-order valence-electron chi connectivity index (χ3n) is 4.23. The molecule has 4 nitrogen and oxygen atoms in total. The zero-order valence-corrected chi connectivity index (χ0v) is 13.9. The van der Waals surface area contributed by atoms with Crippen molar-refractivity contribution < 1.29 is 9.59 Å². The Labute approximate surface area is 143 Å². The number of amides is 2. The van der Waals surface area contributed by atoms with Crippen LogP contribution in [0.4, 0.5) is 5.69 Å². The van der Waals surface area contributed by atoms with Gasteiger partial charge in [-0.15, -0.1) is 11.3 Å². The minimum atomic E-state index is -0.268. The standard InChI is InChI=1S/C17H15ClN2O2S/c18-11-5-6-13-12(8-11)16(14-2-1-7-23-14)20(9-15(21)19-13)17(22)10-3-4-10/h1-2,5-8,10,16H,3-4,9H2,(H,19,21). The van der Waals surface area contributed by atoms with Gasteiger partial charge >= 0.3 is 0 Å². The second kappa shape index (κ2) is 5.65. The van der Waals surface area contributed by atoms with Crippen LogP contribution in [0.1, 0.15) is 29.3 Å². The van der Waals surface area contributed by atoms with Gasteiger partial charge in [-0.05, 0) is 42.5 Å². The number of nitrogens with zero attached hydrogens (tertiary/aromatic N) is 1. The van der Waals surface area contributed by atoms with Gasteiger partial charge in [0.05, 0.1) is 6.04 Å². The summed E-state index contributed by atoms with van der Waals surface area (Å²) in [6.45, 7) is 0.0736. The fourth-order valence-electron chi connectivity index (χ4n) is 3.00. The Kier molecular flexibility index (Phi) is 3.62. The van der Waals surface area contributed by atoms with E-state index in [1.807, 2.05) is 23.6 Å². The van der Waals surface area contributed by atoms with E-state index in [0.29, 0.717) is 5.02 Å². The summed E-state index contributed by atoms with van der Waals surface area (Å²) < 4.78 is 0. The average Bonchev–Trinajstić information content (AvgIpc) is 3.27.